The van der Waals surface area contributed by atoms with E-state index in [9.17, 15) is 21.6 Å². The van der Waals surface area contributed by atoms with Gasteiger partial charge in [-0.05, 0) is 55.7 Å². The molecule has 1 saturated carbocycles. The summed E-state index contributed by atoms with van der Waals surface area (Å²) in [5.41, 5.74) is 0.193. The number of nitrogens with zero attached hydrogens (tertiary/aromatic N) is 4. The van der Waals surface area contributed by atoms with Crippen molar-refractivity contribution in [1.29, 1.82) is 0 Å². The Kier molecular flexibility index (Phi) is 6.63. The summed E-state index contributed by atoms with van der Waals surface area (Å²) in [6, 6.07) is 4.97. The van der Waals surface area contributed by atoms with Crippen molar-refractivity contribution in [3.8, 4) is 0 Å². The molecule has 2 fully saturated rings. The average Bonchev–Trinajstić information content (AvgIpc) is 3.47. The summed E-state index contributed by atoms with van der Waals surface area (Å²) in [5, 5.41) is 0. The van der Waals surface area contributed by atoms with E-state index in [0.717, 1.165) is 31.4 Å². The van der Waals surface area contributed by atoms with E-state index in [1.54, 1.807) is 4.90 Å². The first-order chi connectivity index (χ1) is 15.5. The zero-order valence-electron chi connectivity index (χ0n) is 18.2. The zero-order valence-corrected chi connectivity index (χ0v) is 19.0. The molecule has 2 heterocycles. The highest BCUT2D eigenvalue weighted by Crippen LogP contribution is 2.35. The molecule has 6 nitrogen and oxygen atoms in total. The van der Waals surface area contributed by atoms with Gasteiger partial charge in [-0.2, -0.15) is 13.2 Å². The third kappa shape index (κ3) is 5.81. The summed E-state index contributed by atoms with van der Waals surface area (Å²) in [6.07, 6.45) is 1.53. The molecule has 1 aromatic heterocycles. The predicted octanol–water partition coefficient (Wildman–Crippen LogP) is 4.02. The summed E-state index contributed by atoms with van der Waals surface area (Å²) in [5.74, 6) is -0.218. The van der Waals surface area contributed by atoms with Gasteiger partial charge in [-0.3, -0.25) is 0 Å². The lowest BCUT2D eigenvalue weighted by molar-refractivity contribution is -0.137. The second-order valence-electron chi connectivity index (χ2n) is 8.83. The van der Waals surface area contributed by atoms with Crippen LogP contribution in [0.2, 0.25) is 0 Å². The SMILES string of the molecule is CS(=O)(=O)N1CCC(CCc2ncnc(N(Cc3ccc(C(F)(F)F)cc3)C3CC3)c2F)C1. The van der Waals surface area contributed by atoms with Crippen LogP contribution in [0.5, 0.6) is 0 Å². The van der Waals surface area contributed by atoms with Crippen molar-refractivity contribution >= 4 is 15.8 Å². The minimum Gasteiger partial charge on any atom is -0.347 e. The topological polar surface area (TPSA) is 66.4 Å². The standard InChI is InChI=1S/C22H26F4N4O2S/c1-33(31,32)29-11-10-16(12-29)4-9-19-20(23)21(28-14-27-19)30(18-7-8-18)13-15-2-5-17(6-3-15)22(24,25)26/h2-3,5-6,14,16,18H,4,7-13H2,1H3. The van der Waals surface area contributed by atoms with E-state index in [2.05, 4.69) is 9.97 Å². The largest absolute Gasteiger partial charge is 0.416 e. The average molecular weight is 487 g/mol. The molecule has 0 spiro atoms. The summed E-state index contributed by atoms with van der Waals surface area (Å²) < 4.78 is 78.7. The number of aromatic nitrogens is 2. The molecule has 0 amide bonds. The maximum absolute atomic E-state index is 15.4. The van der Waals surface area contributed by atoms with Crippen molar-refractivity contribution in [1.82, 2.24) is 14.3 Å². The highest BCUT2D eigenvalue weighted by Gasteiger charge is 2.34. The van der Waals surface area contributed by atoms with Gasteiger partial charge in [0.2, 0.25) is 10.0 Å². The van der Waals surface area contributed by atoms with E-state index in [-0.39, 0.29) is 30.0 Å². The zero-order chi connectivity index (χ0) is 23.8. The normalized spacial score (nSPS) is 19.7. The number of hydrogen-bond donors (Lipinski definition) is 0. The molecule has 0 bridgehead atoms. The van der Waals surface area contributed by atoms with Crippen molar-refractivity contribution in [3.63, 3.8) is 0 Å². The fraction of sp³-hybridized carbons (Fsp3) is 0.545. The van der Waals surface area contributed by atoms with Crippen LogP contribution in [0.15, 0.2) is 30.6 Å². The number of rotatable bonds is 8. The van der Waals surface area contributed by atoms with Crippen LogP contribution < -0.4 is 4.90 Å². The lowest BCUT2D eigenvalue weighted by Gasteiger charge is -2.25. The first-order valence-corrected chi connectivity index (χ1v) is 12.7. The van der Waals surface area contributed by atoms with Crippen LogP contribution in [0.1, 0.15) is 42.5 Å². The first kappa shape index (κ1) is 23.9. The lowest BCUT2D eigenvalue weighted by Crippen LogP contribution is -2.28. The van der Waals surface area contributed by atoms with Gasteiger partial charge in [0.15, 0.2) is 11.6 Å². The van der Waals surface area contributed by atoms with Crippen LogP contribution in [0.4, 0.5) is 23.4 Å². The molecule has 0 radical (unpaired) electrons. The summed E-state index contributed by atoms with van der Waals surface area (Å²) in [4.78, 5) is 10.1. The van der Waals surface area contributed by atoms with Gasteiger partial charge in [-0.1, -0.05) is 12.1 Å². The van der Waals surface area contributed by atoms with Crippen LogP contribution in [0.25, 0.3) is 0 Å². The van der Waals surface area contributed by atoms with E-state index in [1.165, 1.54) is 29.0 Å². The predicted molar refractivity (Wildman–Crippen MR) is 115 cm³/mol. The molecule has 2 aliphatic rings. The third-order valence-corrected chi connectivity index (χ3v) is 7.51. The number of hydrogen-bond acceptors (Lipinski definition) is 5. The Morgan fingerprint density at radius 2 is 1.82 bits per heavy atom. The Morgan fingerprint density at radius 3 is 2.39 bits per heavy atom. The Labute approximate surface area is 190 Å². The van der Waals surface area contributed by atoms with Crippen LogP contribution in [0.3, 0.4) is 0 Å². The number of halogens is 4. The second kappa shape index (κ2) is 9.17. The van der Waals surface area contributed by atoms with Crippen LogP contribution >= 0.6 is 0 Å². The summed E-state index contributed by atoms with van der Waals surface area (Å²) in [7, 11) is -3.22. The minimum atomic E-state index is -4.40. The molecule has 11 heteroatoms. The Balaban J connectivity index is 1.46. The summed E-state index contributed by atoms with van der Waals surface area (Å²) in [6.45, 7) is 1.16. The maximum atomic E-state index is 15.4. The quantitative estimate of drug-likeness (QED) is 0.528. The van der Waals surface area contributed by atoms with Gasteiger partial charge in [0.05, 0.1) is 17.5 Å². The molecule has 1 aliphatic heterocycles. The fourth-order valence-electron chi connectivity index (χ4n) is 4.20. The molecule has 1 saturated heterocycles. The molecular weight excluding hydrogens is 460 g/mol. The Morgan fingerprint density at radius 1 is 1.12 bits per heavy atom. The van der Waals surface area contributed by atoms with Gasteiger partial charge in [0, 0.05) is 25.7 Å². The molecule has 1 unspecified atom stereocenters. The van der Waals surface area contributed by atoms with Gasteiger partial charge in [-0.25, -0.2) is 27.1 Å². The number of sulfonamides is 1. The molecule has 1 atom stereocenters. The van der Waals surface area contributed by atoms with E-state index in [4.69, 9.17) is 0 Å². The highest BCUT2D eigenvalue weighted by molar-refractivity contribution is 7.88. The van der Waals surface area contributed by atoms with Gasteiger partial charge < -0.3 is 4.90 Å². The van der Waals surface area contributed by atoms with Gasteiger partial charge in [-0.15, -0.1) is 0 Å². The molecular formula is C22H26F4N4O2S. The number of aryl methyl sites for hydroxylation is 1. The fourth-order valence-corrected chi connectivity index (χ4v) is 5.12. The van der Waals surface area contributed by atoms with Crippen LogP contribution in [-0.2, 0) is 29.2 Å². The minimum absolute atomic E-state index is 0.0858. The molecule has 4 rings (SSSR count). The van der Waals surface area contributed by atoms with Gasteiger partial charge >= 0.3 is 6.18 Å². The number of alkyl halides is 3. The van der Waals surface area contributed by atoms with E-state index in [0.29, 0.717) is 31.5 Å². The molecule has 180 valence electrons. The van der Waals surface area contributed by atoms with E-state index >= 15 is 4.39 Å². The van der Waals surface area contributed by atoms with Crippen LogP contribution in [0, 0.1) is 11.7 Å². The Hall–Kier alpha value is -2.27. The van der Waals surface area contributed by atoms with Crippen molar-refractivity contribution in [2.24, 2.45) is 5.92 Å². The lowest BCUT2D eigenvalue weighted by atomic mass is 10.0. The van der Waals surface area contributed by atoms with Crippen molar-refractivity contribution in [2.75, 3.05) is 24.2 Å². The molecule has 2 aromatic rings. The molecule has 1 aromatic carbocycles. The molecule has 0 N–H and O–H groups in total. The van der Waals surface area contributed by atoms with Gasteiger partial charge in [0.25, 0.3) is 0 Å². The van der Waals surface area contributed by atoms with E-state index < -0.39 is 27.6 Å². The third-order valence-electron chi connectivity index (χ3n) is 6.24. The Bertz CT molecular complexity index is 1090. The maximum Gasteiger partial charge on any atom is 0.416 e. The summed E-state index contributed by atoms with van der Waals surface area (Å²) >= 11 is 0. The first-order valence-electron chi connectivity index (χ1n) is 10.9. The van der Waals surface area contributed by atoms with Crippen molar-refractivity contribution < 1.29 is 26.0 Å². The van der Waals surface area contributed by atoms with Crippen molar-refractivity contribution in [2.45, 2.75) is 50.9 Å². The number of benzene rings is 1. The van der Waals surface area contributed by atoms with Gasteiger partial charge in [0.1, 0.15) is 6.33 Å². The number of anilines is 1. The van der Waals surface area contributed by atoms with E-state index in [1.807, 2.05) is 0 Å². The van der Waals surface area contributed by atoms with Crippen molar-refractivity contribution in [3.05, 3.63) is 53.2 Å². The smallest absolute Gasteiger partial charge is 0.347 e. The highest BCUT2D eigenvalue weighted by atomic mass is 32.2. The molecule has 33 heavy (non-hydrogen) atoms. The van der Waals surface area contributed by atoms with Crippen LogP contribution in [-0.4, -0.2) is 48.1 Å². The monoisotopic (exact) mass is 486 g/mol. The second-order valence-corrected chi connectivity index (χ2v) is 10.8. The molecule has 1 aliphatic carbocycles.